The molecule has 0 aliphatic carbocycles. The van der Waals surface area contributed by atoms with Crippen LogP contribution in [0.1, 0.15) is 157 Å². The molecule has 0 radical (unpaired) electrons. The van der Waals surface area contributed by atoms with Gasteiger partial charge in [-0.05, 0) is 59.1 Å². The smallest absolute Gasteiger partial charge is 1.00 e. The molecular weight excluding hydrogens is 2110 g/mol. The average Bonchev–Trinajstić information content (AvgIpc) is 0.979. The van der Waals surface area contributed by atoms with Gasteiger partial charge in [-0.1, -0.05) is 305 Å². The Morgan fingerprint density at radius 3 is 0.458 bits per heavy atom. The van der Waals surface area contributed by atoms with Crippen LogP contribution >= 0.6 is 0 Å². The van der Waals surface area contributed by atoms with Gasteiger partial charge in [-0.25, -0.2) is 0 Å². The molecule has 0 fully saturated rings. The van der Waals surface area contributed by atoms with Crippen LogP contribution in [-0.2, 0) is 51.4 Å². The first-order valence-electron chi connectivity index (χ1n) is 33.1. The third-order valence-corrected chi connectivity index (χ3v) is 12.3. The standard InChI is InChI=1S/4C11H13.2C10H11.2C6H11.2C5H9.2C4H7.6BrH.6ClH.12Mg/c4*1-3-5-11-8-6-10(4-2)7-9-11;2*1-3-9-5-7-10(4-2)8-6-9;2*1-3-5-6-4-2;2*1-3-5-4-2;2*1-3-4-2;;;;;;;;;;;;;;;;;;;;;;;;/h2*4,6-9H,1-3,5H2;2*3,6-9H,1-2,4-5H2;2*3,5-8H,1-2,4H2;2*3H,1-2,4-6H2;2*3H,1-2,4-5H2;2*3H,1-2,4H2;12*1H;;;;;;;;;;;;/q12*-1;;;;;;;;;;;;;12*+2/p-12. The molecule has 0 saturated heterocycles. The molecule has 0 amide bonds. The van der Waals surface area contributed by atoms with E-state index in [4.69, 9.17) is 0 Å². The Hall–Kier alpha value is 6.01. The van der Waals surface area contributed by atoms with Gasteiger partial charge in [0.1, 0.15) is 0 Å². The van der Waals surface area contributed by atoms with Crippen LogP contribution in [0.3, 0.4) is 0 Å². The van der Waals surface area contributed by atoms with Gasteiger partial charge in [0.15, 0.2) is 0 Å². The minimum Gasteiger partial charge on any atom is -1.00 e. The molecule has 612 valence electrons. The number of benzene rings is 6. The fraction of sp³-hybridized carbons (Fsp3) is 0.234. The molecule has 24 heteroatoms. The van der Waals surface area contributed by atoms with Crippen molar-refractivity contribution in [1.82, 2.24) is 0 Å². The Kier molecular flexibility index (Phi) is 329. The zero-order valence-corrected chi connectivity index (χ0v) is 103. The summed E-state index contributed by atoms with van der Waals surface area (Å²) < 4.78 is 0. The molecule has 0 atom stereocenters. The van der Waals surface area contributed by atoms with Crippen LogP contribution in [0.25, 0.3) is 24.3 Å². The molecule has 6 aromatic rings. The van der Waals surface area contributed by atoms with Crippen LogP contribution < -0.4 is 176 Å². The molecule has 0 bridgehead atoms. The van der Waals surface area contributed by atoms with Gasteiger partial charge < -0.3 is 259 Å². The van der Waals surface area contributed by atoms with E-state index in [1.807, 2.05) is 85.0 Å². The molecule has 0 nitrogen and oxygen atoms in total. The molecular formula is C94H128Br6Cl6Mg12. The summed E-state index contributed by atoms with van der Waals surface area (Å²) in [7, 11) is 0. The van der Waals surface area contributed by atoms with Crippen molar-refractivity contribution >= 4 is 301 Å². The van der Waals surface area contributed by atoms with Gasteiger partial charge in [0.2, 0.25) is 0 Å². The summed E-state index contributed by atoms with van der Waals surface area (Å²) >= 11 is 0. The Balaban J connectivity index is -0.0000000254. The zero-order chi connectivity index (χ0) is 71.9. The van der Waals surface area contributed by atoms with Crippen molar-refractivity contribution in [3.8, 4) is 0 Å². The van der Waals surface area contributed by atoms with Crippen molar-refractivity contribution in [3.05, 3.63) is 423 Å². The maximum atomic E-state index is 3.81. The fourth-order valence-electron chi connectivity index (χ4n) is 6.57. The van der Waals surface area contributed by atoms with E-state index < -0.39 is 0 Å². The summed E-state index contributed by atoms with van der Waals surface area (Å²) in [6.07, 6.45) is 44.1. The Labute approximate surface area is 1020 Å². The summed E-state index contributed by atoms with van der Waals surface area (Å²) in [5.41, 5.74) is 15.1. The SMILES string of the molecule is C=CCCC[CH2-].C=CCCC[CH2-].C=CCC[CH2-].C=CCC[CH2-].C=CC[CH2-].C=CC[CH2-].C=CCc1ccc(C[CH2-])cc1.C=CCc1ccc(C[CH2-])cc1.C=Cc1ccc(CC[CH2-])cc1.C=Cc1ccc(CC[CH2-])cc1.C=Cc1ccc(C[CH2-])cc1.C=Cc1ccc(C[CH2-])cc1.[Br-].[Br-].[Br-].[Br-].[Br-].[Br-].[Cl-].[Cl-].[Cl-].[Cl-].[Cl-].[Cl-].[Mg+2].[Mg+2].[Mg+2].[Mg+2].[Mg+2].[Mg+2].[Mg+2].[Mg+2].[Mg+2].[Mg+2].[Mg+2].[Mg+2]. The third kappa shape index (κ3) is 159. The maximum absolute atomic E-state index is 3.81. The number of aryl methyl sites for hydroxylation is 2. The third-order valence-electron chi connectivity index (χ3n) is 12.3. The number of allylic oxidation sites excluding steroid dienone is 8. The van der Waals surface area contributed by atoms with Crippen LogP contribution in [0.4, 0.5) is 0 Å². The average molecular weight is 2240 g/mol. The quantitative estimate of drug-likeness (QED) is 0.0199. The molecule has 0 aliphatic rings. The fourth-order valence-corrected chi connectivity index (χ4v) is 6.57. The maximum Gasteiger partial charge on any atom is 2.00 e. The second-order valence-electron chi connectivity index (χ2n) is 20.2. The van der Waals surface area contributed by atoms with Gasteiger partial charge in [0.25, 0.3) is 0 Å². The number of hydrogen-bond donors (Lipinski definition) is 0. The van der Waals surface area contributed by atoms with Crippen molar-refractivity contribution in [2.75, 3.05) is 0 Å². The Morgan fingerprint density at radius 1 is 0.195 bits per heavy atom. The van der Waals surface area contributed by atoms with Gasteiger partial charge in [0, 0.05) is 0 Å². The van der Waals surface area contributed by atoms with Gasteiger partial charge in [0.05, 0.1) is 0 Å². The predicted octanol–water partition coefficient (Wildman–Crippen LogP) is -12.6. The van der Waals surface area contributed by atoms with E-state index in [1.165, 1.54) is 68.5 Å². The van der Waals surface area contributed by atoms with E-state index >= 15 is 0 Å². The van der Waals surface area contributed by atoms with Crippen LogP contribution in [0.15, 0.2) is 273 Å². The first-order valence-corrected chi connectivity index (χ1v) is 33.1. The molecule has 0 aromatic heterocycles. The monoisotopic (exact) mass is 2230 g/mol. The van der Waals surface area contributed by atoms with Gasteiger partial charge in [-0.15, -0.1) is 64.8 Å². The number of rotatable bonds is 28. The summed E-state index contributed by atoms with van der Waals surface area (Å²) in [6.45, 7) is 87.4. The summed E-state index contributed by atoms with van der Waals surface area (Å²) in [5.74, 6) is 0. The Bertz CT molecular complexity index is 2560. The van der Waals surface area contributed by atoms with E-state index in [-0.39, 0.29) is 453 Å². The van der Waals surface area contributed by atoms with Crippen molar-refractivity contribution < 1.29 is 176 Å². The van der Waals surface area contributed by atoms with Gasteiger partial charge >= 0.3 is 277 Å². The first-order chi connectivity index (χ1) is 45.7. The molecule has 118 heavy (non-hydrogen) atoms. The summed E-state index contributed by atoms with van der Waals surface area (Å²) in [5, 5.41) is 0. The van der Waals surface area contributed by atoms with E-state index in [9.17, 15) is 0 Å². The molecule has 6 aromatic carbocycles. The number of hydrogen-bond acceptors (Lipinski definition) is 0. The van der Waals surface area contributed by atoms with Gasteiger partial charge in [-0.3, -0.25) is 0 Å². The molecule has 0 N–H and O–H groups in total. The van der Waals surface area contributed by atoms with E-state index in [0.717, 1.165) is 140 Å². The Morgan fingerprint density at radius 2 is 0.356 bits per heavy atom. The van der Waals surface area contributed by atoms with Crippen molar-refractivity contribution in [2.24, 2.45) is 0 Å². The summed E-state index contributed by atoms with van der Waals surface area (Å²) in [4.78, 5) is 0. The van der Waals surface area contributed by atoms with Crippen LogP contribution in [-0.4, -0.2) is 277 Å². The topological polar surface area (TPSA) is 0 Å². The largest absolute Gasteiger partial charge is 2.00 e. The van der Waals surface area contributed by atoms with Crippen LogP contribution in [0.2, 0.25) is 0 Å². The molecule has 0 spiro atoms. The van der Waals surface area contributed by atoms with E-state index in [0.29, 0.717) is 0 Å². The molecule has 0 unspecified atom stereocenters. The van der Waals surface area contributed by atoms with Gasteiger partial charge in [-0.2, -0.15) is 77.0 Å². The second-order valence-corrected chi connectivity index (χ2v) is 20.2. The molecule has 0 heterocycles. The van der Waals surface area contributed by atoms with E-state index in [1.54, 1.807) is 12.2 Å². The summed E-state index contributed by atoms with van der Waals surface area (Å²) in [6, 6.07) is 50.3. The van der Waals surface area contributed by atoms with E-state index in [2.05, 4.69) is 283 Å². The van der Waals surface area contributed by atoms with Crippen molar-refractivity contribution in [3.63, 3.8) is 0 Å². The number of unbranched alkanes of at least 4 members (excludes halogenated alkanes) is 6. The van der Waals surface area contributed by atoms with Crippen LogP contribution in [0.5, 0.6) is 0 Å². The zero-order valence-electron chi connectivity index (χ0n) is 72.3. The minimum absolute atomic E-state index is 0. The molecule has 6 rings (SSSR count). The molecule has 0 aliphatic heterocycles. The van der Waals surface area contributed by atoms with Crippen LogP contribution in [0, 0.1) is 83.1 Å². The molecule has 0 saturated carbocycles. The predicted molar refractivity (Wildman–Crippen MR) is 508 cm³/mol. The van der Waals surface area contributed by atoms with Crippen molar-refractivity contribution in [2.45, 2.75) is 141 Å². The number of halogens is 12. The minimum atomic E-state index is 0. The first kappa shape index (κ1) is 212. The van der Waals surface area contributed by atoms with Crippen molar-refractivity contribution in [1.29, 1.82) is 0 Å². The second kappa shape index (κ2) is 183. The normalized spacial score (nSPS) is 7.02.